The average Bonchev–Trinajstić information content (AvgIpc) is 2.88. The summed E-state index contributed by atoms with van der Waals surface area (Å²) in [6, 6.07) is 23.3. The molecule has 3 aromatic rings. The first-order chi connectivity index (χ1) is 16.6. The molecule has 0 bridgehead atoms. The van der Waals surface area contributed by atoms with Crippen LogP contribution < -0.4 is 10.1 Å². The summed E-state index contributed by atoms with van der Waals surface area (Å²) in [5.41, 5.74) is 2.49. The first-order valence-electron chi connectivity index (χ1n) is 11.7. The molecule has 0 aliphatic carbocycles. The highest BCUT2D eigenvalue weighted by Gasteiger charge is 2.26. The Kier molecular flexibility index (Phi) is 7.91. The number of hydrogen-bond acceptors (Lipinski definition) is 3. The van der Waals surface area contributed by atoms with E-state index in [4.69, 9.17) is 4.74 Å². The highest BCUT2D eigenvalue weighted by molar-refractivity contribution is 5.97. The summed E-state index contributed by atoms with van der Waals surface area (Å²) < 4.78 is 19.0. The molecule has 1 aliphatic heterocycles. The van der Waals surface area contributed by atoms with Crippen LogP contribution in [0, 0.1) is 5.82 Å². The number of aryl methyl sites for hydroxylation is 1. The first kappa shape index (κ1) is 23.5. The minimum absolute atomic E-state index is 0.0492. The Balaban J connectivity index is 1.27. The van der Waals surface area contributed by atoms with E-state index in [-0.39, 0.29) is 30.3 Å². The van der Waals surface area contributed by atoms with Gasteiger partial charge < -0.3 is 15.0 Å². The lowest BCUT2D eigenvalue weighted by Crippen LogP contribution is -2.46. The summed E-state index contributed by atoms with van der Waals surface area (Å²) in [4.78, 5) is 27.3. The summed E-state index contributed by atoms with van der Waals surface area (Å²) in [5.74, 6) is 0.181. The van der Waals surface area contributed by atoms with Crippen molar-refractivity contribution < 1.29 is 18.7 Å². The number of para-hydroxylation sites is 1. The Labute approximate surface area is 199 Å². The van der Waals surface area contributed by atoms with Crippen molar-refractivity contribution in [3.05, 3.63) is 101 Å². The highest BCUT2D eigenvalue weighted by atomic mass is 19.1. The van der Waals surface area contributed by atoms with Crippen molar-refractivity contribution in [3.63, 3.8) is 0 Å². The molecule has 3 aromatic carbocycles. The van der Waals surface area contributed by atoms with E-state index in [1.807, 2.05) is 47.4 Å². The molecule has 1 N–H and O–H groups in total. The molecule has 0 atom stereocenters. The maximum absolute atomic E-state index is 13.2. The van der Waals surface area contributed by atoms with Gasteiger partial charge in [0.1, 0.15) is 18.2 Å². The second kappa shape index (κ2) is 11.5. The third kappa shape index (κ3) is 6.44. The van der Waals surface area contributed by atoms with Crippen molar-refractivity contribution in [2.75, 3.05) is 13.1 Å². The molecule has 0 aromatic heterocycles. The molecular formula is C28H29FN2O3. The van der Waals surface area contributed by atoms with Crippen LogP contribution in [0.5, 0.6) is 5.75 Å². The summed E-state index contributed by atoms with van der Waals surface area (Å²) in [5, 5.41) is 3.11. The molecule has 0 unspecified atom stereocenters. The Morgan fingerprint density at radius 3 is 2.29 bits per heavy atom. The molecule has 1 fully saturated rings. The normalized spacial score (nSPS) is 14.0. The van der Waals surface area contributed by atoms with E-state index in [1.54, 1.807) is 24.3 Å². The van der Waals surface area contributed by atoms with Gasteiger partial charge in [0.2, 0.25) is 5.91 Å². The lowest BCUT2D eigenvalue weighted by atomic mass is 10.0. The zero-order valence-electron chi connectivity index (χ0n) is 19.1. The van der Waals surface area contributed by atoms with Crippen molar-refractivity contribution in [2.45, 2.75) is 38.3 Å². The van der Waals surface area contributed by atoms with Crippen molar-refractivity contribution in [1.29, 1.82) is 0 Å². The number of ether oxygens (including phenoxy) is 1. The molecule has 176 valence electrons. The Morgan fingerprint density at radius 2 is 1.56 bits per heavy atom. The zero-order valence-corrected chi connectivity index (χ0v) is 19.1. The number of piperidine rings is 1. The molecule has 2 amide bonds. The van der Waals surface area contributed by atoms with Gasteiger partial charge in [-0.1, -0.05) is 54.6 Å². The van der Waals surface area contributed by atoms with Gasteiger partial charge >= 0.3 is 0 Å². The van der Waals surface area contributed by atoms with Gasteiger partial charge in [0, 0.05) is 25.6 Å². The summed E-state index contributed by atoms with van der Waals surface area (Å²) in [7, 11) is 0. The number of hydrogen-bond donors (Lipinski definition) is 1. The summed E-state index contributed by atoms with van der Waals surface area (Å²) >= 11 is 0. The number of halogens is 1. The number of nitrogens with zero attached hydrogens (tertiary/aromatic N) is 1. The molecule has 5 nitrogen and oxygen atoms in total. The second-order valence-electron chi connectivity index (χ2n) is 8.53. The number of carbonyl (C=O) groups excluding carboxylic acids is 2. The summed E-state index contributed by atoms with van der Waals surface area (Å²) in [6.07, 6.45) is 2.63. The number of nitrogens with one attached hydrogen (secondary N) is 1. The van der Waals surface area contributed by atoms with Gasteiger partial charge in [-0.3, -0.25) is 9.59 Å². The fourth-order valence-corrected chi connectivity index (χ4v) is 4.11. The van der Waals surface area contributed by atoms with Crippen molar-refractivity contribution in [1.82, 2.24) is 10.2 Å². The Morgan fingerprint density at radius 1 is 0.882 bits per heavy atom. The van der Waals surface area contributed by atoms with E-state index in [9.17, 15) is 14.0 Å². The van der Waals surface area contributed by atoms with E-state index in [0.717, 1.165) is 30.4 Å². The van der Waals surface area contributed by atoms with Crippen molar-refractivity contribution >= 4 is 11.8 Å². The van der Waals surface area contributed by atoms with Crippen LogP contribution in [0.3, 0.4) is 0 Å². The van der Waals surface area contributed by atoms with Gasteiger partial charge in [-0.05, 0) is 54.7 Å². The van der Waals surface area contributed by atoms with Crippen LogP contribution >= 0.6 is 0 Å². The third-order valence-corrected chi connectivity index (χ3v) is 6.06. The lowest BCUT2D eigenvalue weighted by Gasteiger charge is -2.32. The van der Waals surface area contributed by atoms with Crippen LogP contribution in [-0.2, 0) is 17.8 Å². The largest absolute Gasteiger partial charge is 0.488 e. The van der Waals surface area contributed by atoms with Crippen LogP contribution in [-0.4, -0.2) is 35.8 Å². The predicted octanol–water partition coefficient (Wildman–Crippen LogP) is 4.76. The molecule has 1 heterocycles. The standard InChI is InChI=1S/C28H29FN2O3/c29-23-13-10-22(11-14-23)20-34-26-9-5-4-8-25(26)28(33)31-18-16-24(17-19-31)30-27(32)15-12-21-6-2-1-3-7-21/h1-11,13-14,24H,12,15-20H2,(H,30,32). The highest BCUT2D eigenvalue weighted by Crippen LogP contribution is 2.23. The van der Waals surface area contributed by atoms with Crippen LogP contribution in [0.1, 0.15) is 40.7 Å². The van der Waals surface area contributed by atoms with E-state index < -0.39 is 0 Å². The van der Waals surface area contributed by atoms with Gasteiger partial charge in [0.05, 0.1) is 5.56 Å². The maximum atomic E-state index is 13.2. The smallest absolute Gasteiger partial charge is 0.257 e. The minimum atomic E-state index is -0.296. The van der Waals surface area contributed by atoms with Crippen molar-refractivity contribution in [2.24, 2.45) is 0 Å². The van der Waals surface area contributed by atoms with E-state index >= 15 is 0 Å². The third-order valence-electron chi connectivity index (χ3n) is 6.06. The van der Waals surface area contributed by atoms with E-state index in [0.29, 0.717) is 30.8 Å². The number of likely N-dealkylation sites (tertiary alicyclic amines) is 1. The number of amides is 2. The van der Waals surface area contributed by atoms with Gasteiger partial charge in [-0.25, -0.2) is 4.39 Å². The maximum Gasteiger partial charge on any atom is 0.257 e. The van der Waals surface area contributed by atoms with Gasteiger partial charge in [-0.15, -0.1) is 0 Å². The Hall–Kier alpha value is -3.67. The van der Waals surface area contributed by atoms with Gasteiger partial charge in [0.15, 0.2) is 0 Å². The molecule has 4 rings (SSSR count). The number of benzene rings is 3. The van der Waals surface area contributed by atoms with Crippen molar-refractivity contribution in [3.8, 4) is 5.75 Å². The molecule has 1 aliphatic rings. The molecule has 0 saturated carbocycles. The first-order valence-corrected chi connectivity index (χ1v) is 11.7. The zero-order chi connectivity index (χ0) is 23.8. The number of carbonyl (C=O) groups is 2. The summed E-state index contributed by atoms with van der Waals surface area (Å²) in [6.45, 7) is 1.41. The molecule has 6 heteroatoms. The van der Waals surface area contributed by atoms with Crippen LogP contribution in [0.15, 0.2) is 78.9 Å². The lowest BCUT2D eigenvalue weighted by molar-refractivity contribution is -0.122. The fraction of sp³-hybridized carbons (Fsp3) is 0.286. The Bertz CT molecular complexity index is 1090. The molecule has 0 spiro atoms. The predicted molar refractivity (Wildman–Crippen MR) is 129 cm³/mol. The van der Waals surface area contributed by atoms with Gasteiger partial charge in [0.25, 0.3) is 5.91 Å². The van der Waals surface area contributed by atoms with Crippen LogP contribution in [0.4, 0.5) is 4.39 Å². The quantitative estimate of drug-likeness (QED) is 0.527. The molecule has 0 radical (unpaired) electrons. The molecule has 34 heavy (non-hydrogen) atoms. The van der Waals surface area contributed by atoms with E-state index in [1.165, 1.54) is 12.1 Å². The monoisotopic (exact) mass is 460 g/mol. The average molecular weight is 461 g/mol. The van der Waals surface area contributed by atoms with E-state index in [2.05, 4.69) is 5.32 Å². The molecule has 1 saturated heterocycles. The SMILES string of the molecule is O=C(CCc1ccccc1)NC1CCN(C(=O)c2ccccc2OCc2ccc(F)cc2)CC1. The minimum Gasteiger partial charge on any atom is -0.488 e. The molecular weight excluding hydrogens is 431 g/mol. The fourth-order valence-electron chi connectivity index (χ4n) is 4.11. The number of rotatable bonds is 8. The topological polar surface area (TPSA) is 58.6 Å². The van der Waals surface area contributed by atoms with Gasteiger partial charge in [-0.2, -0.15) is 0 Å². The van der Waals surface area contributed by atoms with Crippen LogP contribution in [0.25, 0.3) is 0 Å². The van der Waals surface area contributed by atoms with Crippen LogP contribution in [0.2, 0.25) is 0 Å². The second-order valence-corrected chi connectivity index (χ2v) is 8.53.